The van der Waals surface area contributed by atoms with E-state index in [-0.39, 0.29) is 0 Å². The molecule has 34 heavy (non-hydrogen) atoms. The van der Waals surface area contributed by atoms with Gasteiger partial charge in [0.1, 0.15) is 0 Å². The fraction of sp³-hybridized carbons (Fsp3) is 0.0312. The van der Waals surface area contributed by atoms with E-state index in [0.717, 1.165) is 34.1 Å². The lowest BCUT2D eigenvalue weighted by Crippen LogP contribution is -2.13. The summed E-state index contributed by atoms with van der Waals surface area (Å²) in [5.41, 5.74) is 7.86. The monoisotopic (exact) mass is 439 g/mol. The zero-order valence-corrected chi connectivity index (χ0v) is 19.1. The van der Waals surface area contributed by atoms with E-state index in [9.17, 15) is 0 Å². The first kappa shape index (κ1) is 21.5. The van der Waals surface area contributed by atoms with Gasteiger partial charge in [0, 0.05) is 34.1 Å². The van der Waals surface area contributed by atoms with Crippen LogP contribution in [-0.4, -0.2) is 0 Å². The van der Waals surface area contributed by atoms with Gasteiger partial charge < -0.3 is 9.80 Å². The van der Waals surface area contributed by atoms with Crippen LogP contribution in [0.2, 0.25) is 0 Å². The average Bonchev–Trinajstić information content (AvgIpc) is 2.91. The normalized spacial score (nSPS) is 10.6. The Hall–Kier alpha value is -4.30. The second kappa shape index (κ2) is 10.1. The lowest BCUT2D eigenvalue weighted by atomic mass is 10.1. The van der Waals surface area contributed by atoms with Crippen molar-refractivity contribution in [3.05, 3.63) is 152 Å². The van der Waals surface area contributed by atoms with Gasteiger partial charge in [-0.15, -0.1) is 0 Å². The summed E-state index contributed by atoms with van der Waals surface area (Å²) >= 11 is 0. The van der Waals surface area contributed by atoms with Gasteiger partial charge in [0.15, 0.2) is 0 Å². The van der Waals surface area contributed by atoms with Gasteiger partial charge in [-0.05, 0) is 85.6 Å². The van der Waals surface area contributed by atoms with E-state index >= 15 is 0 Å². The van der Waals surface area contributed by atoms with Crippen LogP contribution in [0, 0.1) is 6.92 Å². The zero-order valence-electron chi connectivity index (χ0n) is 19.1. The number of benzene rings is 5. The van der Waals surface area contributed by atoms with Crippen molar-refractivity contribution in [2.75, 3.05) is 9.80 Å². The third-order valence-electron chi connectivity index (χ3n) is 5.82. The molecule has 0 aliphatic heterocycles. The fourth-order valence-corrected chi connectivity index (χ4v) is 4.26. The molecule has 0 unspecified atom stereocenters. The Kier molecular flexibility index (Phi) is 6.40. The van der Waals surface area contributed by atoms with E-state index in [1.54, 1.807) is 0 Å². The molecule has 0 aromatic heterocycles. The van der Waals surface area contributed by atoms with Crippen LogP contribution < -0.4 is 9.80 Å². The molecule has 0 atom stereocenters. The Bertz CT molecular complexity index is 1140. The van der Waals surface area contributed by atoms with Crippen LogP contribution in [0.15, 0.2) is 140 Å². The summed E-state index contributed by atoms with van der Waals surface area (Å²) in [5, 5.41) is 0. The number of hydrogen-bond donors (Lipinski definition) is 0. The molecule has 0 saturated heterocycles. The molecule has 0 spiro atoms. The highest BCUT2D eigenvalue weighted by Gasteiger charge is 2.18. The summed E-state index contributed by atoms with van der Waals surface area (Å²) in [6, 6.07) is 48.8. The predicted octanol–water partition coefficient (Wildman–Crippen LogP) is 9.00. The van der Waals surface area contributed by atoms with E-state index in [4.69, 9.17) is 0 Å². The number of hydrogen-bond acceptors (Lipinski definition) is 2. The molecule has 0 aliphatic carbocycles. The molecule has 5 aromatic rings. The summed E-state index contributed by atoms with van der Waals surface area (Å²) < 4.78 is 0. The minimum Gasteiger partial charge on any atom is -0.310 e. The van der Waals surface area contributed by atoms with Gasteiger partial charge >= 0.3 is 0 Å². The standard InChI is InChI=1S/C32H27N2/c1-2-26-23-31(33(27-15-7-3-8-16-27)28-17-9-4-10-18-28)25-32(24-26)34(29-19-11-5-12-20-29)30-21-13-6-14-22-30/h3-25H,1-2H2. The molecule has 0 aliphatic rings. The van der Waals surface area contributed by atoms with Crippen LogP contribution in [0.4, 0.5) is 34.1 Å². The third-order valence-corrected chi connectivity index (χ3v) is 5.82. The van der Waals surface area contributed by atoms with Crippen molar-refractivity contribution in [2.45, 2.75) is 6.42 Å². The smallest absolute Gasteiger partial charge is 0.0485 e. The van der Waals surface area contributed by atoms with Crippen LogP contribution in [0.25, 0.3) is 0 Å². The Morgan fingerprint density at radius 2 is 0.676 bits per heavy atom. The Morgan fingerprint density at radius 3 is 0.941 bits per heavy atom. The highest BCUT2D eigenvalue weighted by Crippen LogP contribution is 2.41. The van der Waals surface area contributed by atoms with Crippen LogP contribution >= 0.6 is 0 Å². The molecule has 0 heterocycles. The van der Waals surface area contributed by atoms with Gasteiger partial charge in [-0.2, -0.15) is 0 Å². The molecular weight excluding hydrogens is 412 g/mol. The summed E-state index contributed by atoms with van der Waals surface area (Å²) in [4.78, 5) is 4.60. The first-order valence-electron chi connectivity index (χ1n) is 11.6. The summed E-state index contributed by atoms with van der Waals surface area (Å²) in [5.74, 6) is 0. The number of nitrogens with zero attached hydrogens (tertiary/aromatic N) is 2. The van der Waals surface area contributed by atoms with Crippen molar-refractivity contribution >= 4 is 34.1 Å². The average molecular weight is 440 g/mol. The maximum Gasteiger partial charge on any atom is 0.0485 e. The van der Waals surface area contributed by atoms with E-state index in [1.807, 2.05) is 0 Å². The van der Waals surface area contributed by atoms with Gasteiger partial charge in [-0.1, -0.05) is 72.8 Å². The Morgan fingerprint density at radius 1 is 0.382 bits per heavy atom. The number of anilines is 6. The molecule has 5 rings (SSSR count). The second-order valence-electron chi connectivity index (χ2n) is 8.12. The van der Waals surface area contributed by atoms with Crippen LogP contribution in [0.5, 0.6) is 0 Å². The van der Waals surface area contributed by atoms with Crippen molar-refractivity contribution in [1.82, 2.24) is 0 Å². The van der Waals surface area contributed by atoms with Crippen molar-refractivity contribution in [2.24, 2.45) is 0 Å². The number of para-hydroxylation sites is 4. The third kappa shape index (κ3) is 4.57. The fourth-order valence-electron chi connectivity index (χ4n) is 4.26. The minimum atomic E-state index is 0.704. The maximum absolute atomic E-state index is 4.21. The maximum atomic E-state index is 4.21. The zero-order chi connectivity index (χ0) is 23.2. The first-order valence-corrected chi connectivity index (χ1v) is 11.6. The second-order valence-corrected chi connectivity index (χ2v) is 8.12. The summed E-state index contributed by atoms with van der Waals surface area (Å²) in [6.07, 6.45) is 0.704. The molecule has 0 bridgehead atoms. The molecule has 0 saturated carbocycles. The SMILES string of the molecule is [CH2]Cc1cc(N(c2ccccc2)c2ccccc2)cc(N(c2ccccc2)c2ccccc2)c1. The largest absolute Gasteiger partial charge is 0.310 e. The lowest BCUT2D eigenvalue weighted by Gasteiger charge is -2.30. The molecule has 0 amide bonds. The Labute approximate surface area is 202 Å². The molecule has 1 radical (unpaired) electrons. The van der Waals surface area contributed by atoms with Gasteiger partial charge in [-0.3, -0.25) is 0 Å². The van der Waals surface area contributed by atoms with Crippen molar-refractivity contribution in [1.29, 1.82) is 0 Å². The topological polar surface area (TPSA) is 6.48 Å². The minimum absolute atomic E-state index is 0.704. The van der Waals surface area contributed by atoms with Gasteiger partial charge in [0.2, 0.25) is 0 Å². The highest BCUT2D eigenvalue weighted by atomic mass is 15.2. The predicted molar refractivity (Wildman–Crippen MR) is 145 cm³/mol. The van der Waals surface area contributed by atoms with Crippen LogP contribution in [-0.2, 0) is 6.42 Å². The van der Waals surface area contributed by atoms with Crippen molar-refractivity contribution < 1.29 is 0 Å². The Balaban J connectivity index is 1.71. The van der Waals surface area contributed by atoms with Crippen LogP contribution in [0.3, 0.4) is 0 Å². The first-order chi connectivity index (χ1) is 16.8. The van der Waals surface area contributed by atoms with E-state index in [0.29, 0.717) is 6.42 Å². The van der Waals surface area contributed by atoms with E-state index in [1.165, 1.54) is 5.56 Å². The van der Waals surface area contributed by atoms with Crippen molar-refractivity contribution in [3.63, 3.8) is 0 Å². The van der Waals surface area contributed by atoms with E-state index < -0.39 is 0 Å². The van der Waals surface area contributed by atoms with Crippen molar-refractivity contribution in [3.8, 4) is 0 Å². The van der Waals surface area contributed by atoms with Gasteiger partial charge in [0.25, 0.3) is 0 Å². The molecule has 2 heteroatoms. The van der Waals surface area contributed by atoms with Gasteiger partial charge in [0.05, 0.1) is 0 Å². The lowest BCUT2D eigenvalue weighted by molar-refractivity contribution is 1.20. The van der Waals surface area contributed by atoms with Crippen LogP contribution in [0.1, 0.15) is 5.56 Å². The van der Waals surface area contributed by atoms with Gasteiger partial charge in [-0.25, -0.2) is 0 Å². The quantitative estimate of drug-likeness (QED) is 0.250. The molecule has 5 aromatic carbocycles. The van der Waals surface area contributed by atoms with E-state index in [2.05, 4.69) is 156 Å². The number of rotatable bonds is 7. The molecule has 0 fully saturated rings. The summed E-state index contributed by atoms with van der Waals surface area (Å²) in [7, 11) is 0. The molecule has 0 N–H and O–H groups in total. The molecule has 165 valence electrons. The molecular formula is C32H27N2. The highest BCUT2D eigenvalue weighted by molar-refractivity contribution is 5.83. The summed E-state index contributed by atoms with van der Waals surface area (Å²) in [6.45, 7) is 4.21. The molecule has 2 nitrogen and oxygen atoms in total.